The molecule has 1 fully saturated rings. The van der Waals surface area contributed by atoms with Gasteiger partial charge in [0.05, 0.1) is 11.5 Å². The van der Waals surface area contributed by atoms with E-state index in [1.807, 2.05) is 36.1 Å². The lowest BCUT2D eigenvalue weighted by atomic mass is 10.2. The molecule has 2 rings (SSSR count). The van der Waals surface area contributed by atoms with Gasteiger partial charge in [0.1, 0.15) is 0 Å². The number of benzene rings is 1. The van der Waals surface area contributed by atoms with E-state index in [1.165, 1.54) is 11.8 Å². The van der Waals surface area contributed by atoms with E-state index in [-0.39, 0.29) is 11.8 Å². The number of thioether (sulfide) groups is 1. The van der Waals surface area contributed by atoms with Gasteiger partial charge in [-0.05, 0) is 31.9 Å². The predicted molar refractivity (Wildman–Crippen MR) is 82.9 cm³/mol. The number of carbonyl (C=O) groups is 2. The highest BCUT2D eigenvalue weighted by atomic mass is 32.2. The third kappa shape index (κ3) is 4.56. The molecule has 1 saturated heterocycles. The number of carbonyl (C=O) groups excluding carboxylic acids is 2. The van der Waals surface area contributed by atoms with Gasteiger partial charge in [0.2, 0.25) is 11.8 Å². The molecule has 0 aliphatic carbocycles. The molecule has 1 N–H and O–H groups in total. The van der Waals surface area contributed by atoms with Crippen LogP contribution in [0.1, 0.15) is 18.4 Å². The van der Waals surface area contributed by atoms with E-state index >= 15 is 0 Å². The molecule has 0 saturated carbocycles. The van der Waals surface area contributed by atoms with Crippen molar-refractivity contribution in [3.63, 3.8) is 0 Å². The van der Waals surface area contributed by atoms with Crippen molar-refractivity contribution in [1.82, 2.24) is 4.90 Å². The standard InChI is InChI=1S/C15H20N2O2S/c1-12-4-6-13(7-5-12)16-14(18)10-20-11-15(19)17-8-2-3-9-17/h4-7H,2-3,8-11H2,1H3,(H,16,18). The highest BCUT2D eigenvalue weighted by Gasteiger charge is 2.17. The van der Waals surface area contributed by atoms with E-state index in [2.05, 4.69) is 5.32 Å². The molecule has 20 heavy (non-hydrogen) atoms. The van der Waals surface area contributed by atoms with Crippen LogP contribution in [-0.2, 0) is 9.59 Å². The zero-order chi connectivity index (χ0) is 14.4. The van der Waals surface area contributed by atoms with Crippen LogP contribution in [0.5, 0.6) is 0 Å². The first-order valence-corrected chi connectivity index (χ1v) is 8.02. The SMILES string of the molecule is Cc1ccc(NC(=O)CSCC(=O)N2CCCC2)cc1. The lowest BCUT2D eigenvalue weighted by Crippen LogP contribution is -2.29. The fraction of sp³-hybridized carbons (Fsp3) is 0.467. The monoisotopic (exact) mass is 292 g/mol. The van der Waals surface area contributed by atoms with Crippen LogP contribution in [-0.4, -0.2) is 41.3 Å². The molecule has 0 aromatic heterocycles. The minimum atomic E-state index is -0.0620. The summed E-state index contributed by atoms with van der Waals surface area (Å²) in [6.45, 7) is 3.75. The summed E-state index contributed by atoms with van der Waals surface area (Å²) in [5, 5.41) is 2.83. The Labute approximate surface area is 123 Å². The quantitative estimate of drug-likeness (QED) is 0.906. The second-order valence-corrected chi connectivity index (χ2v) is 5.98. The van der Waals surface area contributed by atoms with Gasteiger partial charge in [0.15, 0.2) is 0 Å². The number of hydrogen-bond acceptors (Lipinski definition) is 3. The highest BCUT2D eigenvalue weighted by Crippen LogP contribution is 2.12. The summed E-state index contributed by atoms with van der Waals surface area (Å²) in [7, 11) is 0. The topological polar surface area (TPSA) is 49.4 Å². The number of amides is 2. The molecule has 1 aromatic rings. The molecule has 108 valence electrons. The molecule has 1 aromatic carbocycles. The molecule has 0 atom stereocenters. The summed E-state index contributed by atoms with van der Waals surface area (Å²) in [6.07, 6.45) is 2.20. The van der Waals surface area contributed by atoms with Crippen LogP contribution in [0.2, 0.25) is 0 Å². The van der Waals surface area contributed by atoms with Crippen LogP contribution in [0.3, 0.4) is 0 Å². The molecule has 2 amide bonds. The fourth-order valence-electron chi connectivity index (χ4n) is 2.12. The Bertz CT molecular complexity index is 467. The summed E-state index contributed by atoms with van der Waals surface area (Å²) in [6, 6.07) is 7.68. The molecular weight excluding hydrogens is 272 g/mol. The van der Waals surface area contributed by atoms with Gasteiger partial charge in [0, 0.05) is 18.8 Å². The third-order valence-corrected chi connectivity index (χ3v) is 4.17. The van der Waals surface area contributed by atoms with Crippen LogP contribution >= 0.6 is 11.8 Å². The summed E-state index contributed by atoms with van der Waals surface area (Å²) in [5.41, 5.74) is 1.96. The zero-order valence-electron chi connectivity index (χ0n) is 11.7. The van der Waals surface area contributed by atoms with Crippen LogP contribution in [0.4, 0.5) is 5.69 Å². The number of aryl methyl sites for hydroxylation is 1. The maximum absolute atomic E-state index is 11.8. The lowest BCUT2D eigenvalue weighted by molar-refractivity contribution is -0.127. The van der Waals surface area contributed by atoms with Crippen molar-refractivity contribution in [3.05, 3.63) is 29.8 Å². The van der Waals surface area contributed by atoms with Gasteiger partial charge in [0.25, 0.3) is 0 Å². The van der Waals surface area contributed by atoms with Crippen molar-refractivity contribution in [2.75, 3.05) is 29.9 Å². The van der Waals surface area contributed by atoms with Crippen LogP contribution in [0.15, 0.2) is 24.3 Å². The van der Waals surface area contributed by atoms with Crippen molar-refractivity contribution in [2.24, 2.45) is 0 Å². The Balaban J connectivity index is 1.67. The van der Waals surface area contributed by atoms with Gasteiger partial charge in [-0.25, -0.2) is 0 Å². The van der Waals surface area contributed by atoms with Crippen LogP contribution in [0, 0.1) is 6.92 Å². The fourth-order valence-corrected chi connectivity index (χ4v) is 2.84. The van der Waals surface area contributed by atoms with Crippen molar-refractivity contribution >= 4 is 29.3 Å². The molecule has 5 heteroatoms. The molecule has 1 aliphatic rings. The largest absolute Gasteiger partial charge is 0.342 e. The Morgan fingerprint density at radius 3 is 2.45 bits per heavy atom. The van der Waals surface area contributed by atoms with E-state index in [9.17, 15) is 9.59 Å². The number of hydrogen-bond donors (Lipinski definition) is 1. The Kier molecular flexibility index (Phi) is 5.47. The number of anilines is 1. The van der Waals surface area contributed by atoms with E-state index in [1.54, 1.807) is 0 Å². The van der Waals surface area contributed by atoms with Crippen molar-refractivity contribution in [1.29, 1.82) is 0 Å². The van der Waals surface area contributed by atoms with Gasteiger partial charge in [-0.15, -0.1) is 11.8 Å². The van der Waals surface area contributed by atoms with Crippen molar-refractivity contribution in [2.45, 2.75) is 19.8 Å². The minimum absolute atomic E-state index is 0.0620. The summed E-state index contributed by atoms with van der Waals surface area (Å²) >= 11 is 1.38. The highest BCUT2D eigenvalue weighted by molar-refractivity contribution is 8.00. The normalized spacial score (nSPS) is 14.3. The minimum Gasteiger partial charge on any atom is -0.342 e. The molecule has 0 radical (unpaired) electrons. The van der Waals surface area contributed by atoms with Crippen molar-refractivity contribution in [3.8, 4) is 0 Å². The maximum atomic E-state index is 11.8. The summed E-state index contributed by atoms with van der Waals surface area (Å²) < 4.78 is 0. The van der Waals surface area contributed by atoms with Crippen molar-refractivity contribution < 1.29 is 9.59 Å². The lowest BCUT2D eigenvalue weighted by Gasteiger charge is -2.14. The molecule has 0 bridgehead atoms. The van der Waals surface area contributed by atoms with Crippen LogP contribution in [0.25, 0.3) is 0 Å². The molecule has 1 heterocycles. The second kappa shape index (κ2) is 7.33. The first kappa shape index (κ1) is 14.9. The molecule has 1 aliphatic heterocycles. The predicted octanol–water partition coefficient (Wildman–Crippen LogP) is 2.29. The number of rotatable bonds is 5. The van der Waals surface area contributed by atoms with E-state index in [0.717, 1.165) is 37.2 Å². The Morgan fingerprint density at radius 2 is 1.80 bits per heavy atom. The molecule has 0 unspecified atom stereocenters. The average molecular weight is 292 g/mol. The molecular formula is C15H20N2O2S. The van der Waals surface area contributed by atoms with Gasteiger partial charge < -0.3 is 10.2 Å². The van der Waals surface area contributed by atoms with Gasteiger partial charge >= 0.3 is 0 Å². The van der Waals surface area contributed by atoms with Gasteiger partial charge in [-0.3, -0.25) is 9.59 Å². The van der Waals surface area contributed by atoms with E-state index < -0.39 is 0 Å². The third-order valence-electron chi connectivity index (χ3n) is 3.25. The number of likely N-dealkylation sites (tertiary alicyclic amines) is 1. The Hall–Kier alpha value is -1.49. The average Bonchev–Trinajstić information content (AvgIpc) is 2.95. The first-order chi connectivity index (χ1) is 9.65. The van der Waals surface area contributed by atoms with Crippen LogP contribution < -0.4 is 5.32 Å². The summed E-state index contributed by atoms with van der Waals surface area (Å²) in [5.74, 6) is 0.790. The second-order valence-electron chi connectivity index (χ2n) is 4.99. The molecule has 4 nitrogen and oxygen atoms in total. The summed E-state index contributed by atoms with van der Waals surface area (Å²) in [4.78, 5) is 25.4. The van der Waals surface area contributed by atoms with E-state index in [4.69, 9.17) is 0 Å². The van der Waals surface area contributed by atoms with Gasteiger partial charge in [-0.2, -0.15) is 0 Å². The molecule has 0 spiro atoms. The Morgan fingerprint density at radius 1 is 1.15 bits per heavy atom. The van der Waals surface area contributed by atoms with E-state index in [0.29, 0.717) is 11.5 Å². The maximum Gasteiger partial charge on any atom is 0.234 e. The first-order valence-electron chi connectivity index (χ1n) is 6.87. The van der Waals surface area contributed by atoms with Gasteiger partial charge in [-0.1, -0.05) is 17.7 Å². The number of nitrogens with zero attached hydrogens (tertiary/aromatic N) is 1. The number of nitrogens with one attached hydrogen (secondary N) is 1. The smallest absolute Gasteiger partial charge is 0.234 e. The zero-order valence-corrected chi connectivity index (χ0v) is 12.5.